The zero-order valence-corrected chi connectivity index (χ0v) is 11.6. The lowest BCUT2D eigenvalue weighted by atomic mass is 9.99. The highest BCUT2D eigenvalue weighted by Crippen LogP contribution is 2.27. The molecule has 0 amide bonds. The number of likely N-dealkylation sites (N-methyl/N-ethyl adjacent to an activating group) is 1. The molecule has 1 aromatic heterocycles. The highest BCUT2D eigenvalue weighted by molar-refractivity contribution is 5.21. The van der Waals surface area contributed by atoms with Crippen molar-refractivity contribution in [3.63, 3.8) is 0 Å². The maximum atomic E-state index is 4.76. The highest BCUT2D eigenvalue weighted by atomic mass is 15.1. The lowest BCUT2D eigenvalue weighted by Gasteiger charge is -2.27. The number of hydrogen-bond acceptors (Lipinski definition) is 2. The third kappa shape index (κ3) is 2.25. The second-order valence-corrected chi connectivity index (χ2v) is 5.17. The van der Waals surface area contributed by atoms with Gasteiger partial charge in [-0.25, -0.2) is 4.98 Å². The van der Waals surface area contributed by atoms with Crippen molar-refractivity contribution in [2.24, 2.45) is 0 Å². The minimum absolute atomic E-state index is 0.499. The van der Waals surface area contributed by atoms with Crippen LogP contribution in [0.2, 0.25) is 0 Å². The maximum Gasteiger partial charge on any atom is 0.106 e. The van der Waals surface area contributed by atoms with Crippen LogP contribution in [-0.4, -0.2) is 22.6 Å². The molecule has 1 aliphatic rings. The number of nitrogens with one attached hydrogen (secondary N) is 1. The summed E-state index contributed by atoms with van der Waals surface area (Å²) in [5.41, 5.74) is 2.85. The van der Waals surface area contributed by atoms with Crippen LogP contribution >= 0.6 is 0 Å². The molecule has 0 saturated carbocycles. The second kappa shape index (κ2) is 5.21. The predicted octanol–water partition coefficient (Wildman–Crippen LogP) is 2.63. The van der Waals surface area contributed by atoms with E-state index >= 15 is 0 Å². The van der Waals surface area contributed by atoms with Gasteiger partial charge in [0, 0.05) is 17.8 Å². The molecular weight excluding hydrogens is 210 g/mol. The number of imidazole rings is 1. The Morgan fingerprint density at radius 3 is 2.71 bits per heavy atom. The quantitative estimate of drug-likeness (QED) is 0.869. The molecule has 0 saturated heterocycles. The normalized spacial score (nSPS) is 18.8. The van der Waals surface area contributed by atoms with Gasteiger partial charge in [-0.1, -0.05) is 6.92 Å². The first-order chi connectivity index (χ1) is 8.19. The summed E-state index contributed by atoms with van der Waals surface area (Å²) >= 11 is 0. The average molecular weight is 235 g/mol. The first-order valence-corrected chi connectivity index (χ1v) is 6.92. The van der Waals surface area contributed by atoms with E-state index in [-0.39, 0.29) is 0 Å². The van der Waals surface area contributed by atoms with Gasteiger partial charge in [0.15, 0.2) is 0 Å². The fourth-order valence-corrected chi connectivity index (χ4v) is 3.20. The monoisotopic (exact) mass is 235 g/mol. The Kier molecular flexibility index (Phi) is 3.87. The van der Waals surface area contributed by atoms with Gasteiger partial charge in [0.05, 0.1) is 5.69 Å². The Balaban J connectivity index is 2.34. The summed E-state index contributed by atoms with van der Waals surface area (Å²) < 4.78 is 2.47. The average Bonchev–Trinajstić information content (AvgIpc) is 2.66. The van der Waals surface area contributed by atoms with Crippen molar-refractivity contribution in [3.05, 3.63) is 17.2 Å². The van der Waals surface area contributed by atoms with Crippen LogP contribution in [0.15, 0.2) is 0 Å². The van der Waals surface area contributed by atoms with E-state index in [4.69, 9.17) is 4.98 Å². The summed E-state index contributed by atoms with van der Waals surface area (Å²) in [7, 11) is 2.06. The van der Waals surface area contributed by atoms with E-state index in [1.807, 2.05) is 0 Å². The topological polar surface area (TPSA) is 29.9 Å². The molecule has 96 valence electrons. The highest BCUT2D eigenvalue weighted by Gasteiger charge is 2.24. The van der Waals surface area contributed by atoms with E-state index in [0.29, 0.717) is 12.1 Å². The summed E-state index contributed by atoms with van der Waals surface area (Å²) in [6.07, 6.45) is 6.17. The van der Waals surface area contributed by atoms with Crippen LogP contribution in [-0.2, 0) is 12.8 Å². The van der Waals surface area contributed by atoms with Gasteiger partial charge >= 0.3 is 0 Å². The molecule has 0 bridgehead atoms. The van der Waals surface area contributed by atoms with E-state index < -0.39 is 0 Å². The Morgan fingerprint density at radius 1 is 1.35 bits per heavy atom. The van der Waals surface area contributed by atoms with E-state index in [1.54, 1.807) is 0 Å². The summed E-state index contributed by atoms with van der Waals surface area (Å²) in [5, 5.41) is 3.43. The molecule has 1 aromatic rings. The van der Waals surface area contributed by atoms with E-state index in [0.717, 1.165) is 6.42 Å². The molecule has 0 aliphatic heterocycles. The van der Waals surface area contributed by atoms with Gasteiger partial charge in [0.25, 0.3) is 0 Å². The molecule has 0 radical (unpaired) electrons. The molecule has 3 nitrogen and oxygen atoms in total. The second-order valence-electron chi connectivity index (χ2n) is 5.17. The van der Waals surface area contributed by atoms with Crippen molar-refractivity contribution in [1.29, 1.82) is 0 Å². The number of hydrogen-bond donors (Lipinski definition) is 1. The first-order valence-electron chi connectivity index (χ1n) is 6.92. The van der Waals surface area contributed by atoms with Gasteiger partial charge in [-0.3, -0.25) is 0 Å². The third-order valence-corrected chi connectivity index (χ3v) is 4.15. The molecule has 1 aliphatic carbocycles. The summed E-state index contributed by atoms with van der Waals surface area (Å²) in [6, 6.07) is 1.04. The van der Waals surface area contributed by atoms with Crippen LogP contribution in [0.3, 0.4) is 0 Å². The molecule has 2 rings (SSSR count). The number of aryl methyl sites for hydroxylation is 2. The summed E-state index contributed by atoms with van der Waals surface area (Å²) in [5.74, 6) is 1.19. The predicted molar refractivity (Wildman–Crippen MR) is 71.5 cm³/mol. The van der Waals surface area contributed by atoms with Crippen LogP contribution in [0.4, 0.5) is 0 Å². The van der Waals surface area contributed by atoms with Gasteiger partial charge in [0.1, 0.15) is 5.82 Å². The van der Waals surface area contributed by atoms with Crippen LogP contribution in [0.5, 0.6) is 0 Å². The van der Waals surface area contributed by atoms with Crippen molar-refractivity contribution in [2.75, 3.05) is 7.05 Å². The summed E-state index contributed by atoms with van der Waals surface area (Å²) in [6.45, 7) is 6.71. The zero-order chi connectivity index (χ0) is 12.4. The summed E-state index contributed by atoms with van der Waals surface area (Å²) in [4.78, 5) is 4.76. The van der Waals surface area contributed by atoms with Gasteiger partial charge < -0.3 is 9.88 Å². The molecule has 2 atom stereocenters. The number of rotatable bonds is 4. The molecular formula is C14H25N3. The first kappa shape index (κ1) is 12.6. The molecule has 3 heteroatoms. The van der Waals surface area contributed by atoms with E-state index in [2.05, 4.69) is 37.7 Å². The molecule has 2 unspecified atom stereocenters. The Bertz CT molecular complexity index is 377. The van der Waals surface area contributed by atoms with Gasteiger partial charge in [0.2, 0.25) is 0 Å². The van der Waals surface area contributed by atoms with Crippen molar-refractivity contribution in [2.45, 2.75) is 65.0 Å². The molecule has 0 fully saturated rings. The van der Waals surface area contributed by atoms with E-state index in [9.17, 15) is 0 Å². The SMILES string of the molecule is CCC(NC)C(C)n1c(C)nc2c1CCCC2. The lowest BCUT2D eigenvalue weighted by molar-refractivity contribution is 0.366. The van der Waals surface area contributed by atoms with Crippen LogP contribution < -0.4 is 5.32 Å². The van der Waals surface area contributed by atoms with Crippen LogP contribution in [0.25, 0.3) is 0 Å². The van der Waals surface area contributed by atoms with Crippen molar-refractivity contribution >= 4 is 0 Å². The largest absolute Gasteiger partial charge is 0.328 e. The van der Waals surface area contributed by atoms with Crippen LogP contribution in [0, 0.1) is 6.92 Å². The van der Waals surface area contributed by atoms with Gasteiger partial charge in [-0.05, 0) is 53.0 Å². The number of nitrogens with zero attached hydrogens (tertiary/aromatic N) is 2. The van der Waals surface area contributed by atoms with Gasteiger partial charge in [-0.2, -0.15) is 0 Å². The van der Waals surface area contributed by atoms with Crippen molar-refractivity contribution in [1.82, 2.24) is 14.9 Å². The van der Waals surface area contributed by atoms with Crippen molar-refractivity contribution in [3.8, 4) is 0 Å². The fraction of sp³-hybridized carbons (Fsp3) is 0.786. The number of fused-ring (bicyclic) bond motifs is 1. The fourth-order valence-electron chi connectivity index (χ4n) is 3.20. The van der Waals surface area contributed by atoms with Crippen molar-refractivity contribution < 1.29 is 0 Å². The van der Waals surface area contributed by atoms with E-state index in [1.165, 1.54) is 42.9 Å². The standard InChI is InChI=1S/C14H25N3/c1-5-12(15-4)10(2)17-11(3)16-13-8-6-7-9-14(13)17/h10,12,15H,5-9H2,1-4H3. The molecule has 17 heavy (non-hydrogen) atoms. The Hall–Kier alpha value is -0.830. The van der Waals surface area contributed by atoms with Gasteiger partial charge in [-0.15, -0.1) is 0 Å². The minimum Gasteiger partial charge on any atom is -0.328 e. The maximum absolute atomic E-state index is 4.76. The minimum atomic E-state index is 0.499. The van der Waals surface area contributed by atoms with Crippen LogP contribution in [0.1, 0.15) is 56.4 Å². The Morgan fingerprint density at radius 2 is 2.06 bits per heavy atom. The zero-order valence-electron chi connectivity index (χ0n) is 11.6. The molecule has 1 N–H and O–H groups in total. The number of aromatic nitrogens is 2. The smallest absolute Gasteiger partial charge is 0.106 e. The third-order valence-electron chi connectivity index (χ3n) is 4.15. The Labute approximate surface area is 105 Å². The molecule has 0 spiro atoms. The lowest BCUT2D eigenvalue weighted by Crippen LogP contribution is -2.34. The molecule has 1 heterocycles. The molecule has 0 aromatic carbocycles.